The molecular weight excluding hydrogens is 269 g/mol. The molecule has 1 aromatic rings. The van der Waals surface area contributed by atoms with E-state index in [4.69, 9.17) is 9.47 Å². The average molecular weight is 295 g/mol. The molecule has 0 spiro atoms. The number of ether oxygens (including phenoxy) is 2. The van der Waals surface area contributed by atoms with E-state index in [9.17, 15) is 4.39 Å². The largest absolute Gasteiger partial charge is 0.380 e. The van der Waals surface area contributed by atoms with Gasteiger partial charge < -0.3 is 14.8 Å². The molecule has 1 saturated carbocycles. The maximum Gasteiger partial charge on any atom is 0.128 e. The van der Waals surface area contributed by atoms with Crippen molar-refractivity contribution in [2.45, 2.75) is 46.1 Å². The molecule has 0 amide bonds. The Labute approximate surface area is 126 Å². The van der Waals surface area contributed by atoms with E-state index in [0.29, 0.717) is 24.1 Å². The van der Waals surface area contributed by atoms with Crippen molar-refractivity contribution in [3.05, 3.63) is 35.1 Å². The van der Waals surface area contributed by atoms with Crippen molar-refractivity contribution in [2.75, 3.05) is 14.2 Å². The van der Waals surface area contributed by atoms with Gasteiger partial charge in [-0.1, -0.05) is 26.8 Å². The first kappa shape index (κ1) is 16.4. The van der Waals surface area contributed by atoms with Gasteiger partial charge in [-0.15, -0.1) is 0 Å². The number of halogens is 1. The second-order valence-corrected chi connectivity index (χ2v) is 6.55. The molecule has 0 heterocycles. The normalized spacial score (nSPS) is 27.4. The second-order valence-electron chi connectivity index (χ2n) is 6.55. The smallest absolute Gasteiger partial charge is 0.128 e. The van der Waals surface area contributed by atoms with Gasteiger partial charge in [-0.25, -0.2) is 4.39 Å². The van der Waals surface area contributed by atoms with Crippen LogP contribution in [0.15, 0.2) is 18.2 Å². The molecule has 0 bridgehead atoms. The molecule has 0 saturated heterocycles. The van der Waals surface area contributed by atoms with Crippen molar-refractivity contribution in [3.8, 4) is 0 Å². The number of rotatable bonds is 6. The predicted molar refractivity (Wildman–Crippen MR) is 81.5 cm³/mol. The summed E-state index contributed by atoms with van der Waals surface area (Å²) in [6.07, 6.45) is 0.285. The van der Waals surface area contributed by atoms with Crippen LogP contribution in [0.25, 0.3) is 0 Å². The molecule has 21 heavy (non-hydrogen) atoms. The lowest BCUT2D eigenvalue weighted by molar-refractivity contribution is -0.145. The minimum atomic E-state index is -0.211. The number of nitrogens with one attached hydrogen (secondary N) is 1. The number of hydrogen-bond donors (Lipinski definition) is 1. The fourth-order valence-electron chi connectivity index (χ4n) is 3.79. The van der Waals surface area contributed by atoms with Gasteiger partial charge >= 0.3 is 0 Å². The SMILES string of the molecule is COCc1cc(CN[C@@H]2[C@H](C)[C@@H](OC)C2(C)C)ccc1F. The van der Waals surface area contributed by atoms with Gasteiger partial charge in [-0.3, -0.25) is 0 Å². The molecule has 0 radical (unpaired) electrons. The van der Waals surface area contributed by atoms with Crippen LogP contribution >= 0.6 is 0 Å². The van der Waals surface area contributed by atoms with Crippen molar-refractivity contribution in [3.63, 3.8) is 0 Å². The highest BCUT2D eigenvalue weighted by Gasteiger charge is 2.54. The van der Waals surface area contributed by atoms with Gasteiger partial charge in [-0.2, -0.15) is 0 Å². The Bertz CT molecular complexity index is 490. The van der Waals surface area contributed by atoms with Crippen molar-refractivity contribution >= 4 is 0 Å². The first-order valence-electron chi connectivity index (χ1n) is 7.44. The summed E-state index contributed by atoms with van der Waals surface area (Å²) in [6, 6.07) is 5.61. The van der Waals surface area contributed by atoms with Crippen molar-refractivity contribution in [1.82, 2.24) is 5.32 Å². The second kappa shape index (κ2) is 6.42. The third-order valence-electron chi connectivity index (χ3n) is 4.73. The molecule has 3 atom stereocenters. The van der Waals surface area contributed by atoms with Crippen LogP contribution in [0, 0.1) is 17.2 Å². The van der Waals surface area contributed by atoms with E-state index in [1.807, 2.05) is 12.1 Å². The van der Waals surface area contributed by atoms with Crippen LogP contribution in [0.1, 0.15) is 31.9 Å². The lowest BCUT2D eigenvalue weighted by Crippen LogP contribution is -2.66. The lowest BCUT2D eigenvalue weighted by Gasteiger charge is -2.56. The van der Waals surface area contributed by atoms with Gasteiger partial charge in [0.2, 0.25) is 0 Å². The van der Waals surface area contributed by atoms with Crippen LogP contribution in [-0.2, 0) is 22.6 Å². The Morgan fingerprint density at radius 2 is 2.00 bits per heavy atom. The van der Waals surface area contributed by atoms with Crippen LogP contribution in [0.5, 0.6) is 0 Å². The van der Waals surface area contributed by atoms with E-state index in [0.717, 1.165) is 12.1 Å². The molecule has 1 aliphatic carbocycles. The van der Waals surface area contributed by atoms with Gasteiger partial charge in [0.05, 0.1) is 12.7 Å². The summed E-state index contributed by atoms with van der Waals surface area (Å²) >= 11 is 0. The number of methoxy groups -OCH3 is 2. The first-order valence-corrected chi connectivity index (χ1v) is 7.44. The zero-order valence-corrected chi connectivity index (χ0v) is 13.6. The topological polar surface area (TPSA) is 30.5 Å². The molecular formula is C17H26FNO2. The van der Waals surface area contributed by atoms with Crippen molar-refractivity contribution in [1.29, 1.82) is 0 Å². The summed E-state index contributed by atoms with van der Waals surface area (Å²) in [7, 11) is 3.35. The summed E-state index contributed by atoms with van der Waals surface area (Å²) in [5, 5.41) is 3.59. The van der Waals surface area contributed by atoms with E-state index >= 15 is 0 Å². The molecule has 2 rings (SSSR count). The summed E-state index contributed by atoms with van der Waals surface area (Å²) in [6.45, 7) is 7.68. The Kier molecular flexibility index (Phi) is 5.02. The highest BCUT2D eigenvalue weighted by Crippen LogP contribution is 2.46. The summed E-state index contributed by atoms with van der Waals surface area (Å²) in [5.74, 6) is 0.265. The van der Waals surface area contributed by atoms with Gasteiger partial charge in [0.15, 0.2) is 0 Å². The molecule has 4 heteroatoms. The highest BCUT2D eigenvalue weighted by atomic mass is 19.1. The zero-order valence-electron chi connectivity index (χ0n) is 13.6. The summed E-state index contributed by atoms with van der Waals surface area (Å²) < 4.78 is 24.2. The third kappa shape index (κ3) is 3.12. The van der Waals surface area contributed by atoms with Crippen LogP contribution in [-0.4, -0.2) is 26.4 Å². The molecule has 1 aromatic carbocycles. The molecule has 0 aliphatic heterocycles. The quantitative estimate of drug-likeness (QED) is 0.874. The number of hydrogen-bond acceptors (Lipinski definition) is 3. The maximum absolute atomic E-state index is 13.6. The average Bonchev–Trinajstić information content (AvgIpc) is 2.42. The van der Waals surface area contributed by atoms with E-state index in [1.165, 1.54) is 6.07 Å². The molecule has 3 nitrogen and oxygen atoms in total. The highest BCUT2D eigenvalue weighted by molar-refractivity contribution is 5.25. The fourth-order valence-corrected chi connectivity index (χ4v) is 3.79. The Hall–Kier alpha value is -0.970. The maximum atomic E-state index is 13.6. The van der Waals surface area contributed by atoms with Crippen molar-refractivity contribution < 1.29 is 13.9 Å². The molecule has 0 unspecified atom stereocenters. The molecule has 1 N–H and O–H groups in total. The van der Waals surface area contributed by atoms with Crippen LogP contribution in [0.3, 0.4) is 0 Å². The zero-order chi connectivity index (χ0) is 15.6. The monoisotopic (exact) mass is 295 g/mol. The predicted octanol–water partition coefficient (Wildman–Crippen LogP) is 3.12. The van der Waals surface area contributed by atoms with E-state index in [1.54, 1.807) is 14.2 Å². The van der Waals surface area contributed by atoms with Gasteiger partial charge in [0.1, 0.15) is 5.82 Å². The van der Waals surface area contributed by atoms with Crippen LogP contribution in [0.4, 0.5) is 4.39 Å². The van der Waals surface area contributed by atoms with E-state index < -0.39 is 0 Å². The fraction of sp³-hybridized carbons (Fsp3) is 0.647. The van der Waals surface area contributed by atoms with E-state index in [-0.39, 0.29) is 17.3 Å². The molecule has 0 aromatic heterocycles. The molecule has 1 aliphatic rings. The Morgan fingerprint density at radius 3 is 2.57 bits per heavy atom. The Morgan fingerprint density at radius 1 is 1.29 bits per heavy atom. The van der Waals surface area contributed by atoms with Gasteiger partial charge in [-0.05, 0) is 23.6 Å². The minimum Gasteiger partial charge on any atom is -0.380 e. The standard InChI is InChI=1S/C17H26FNO2/c1-11-15(17(2,3)16(11)21-5)19-9-12-6-7-14(18)13(8-12)10-20-4/h6-8,11,15-16,19H,9-10H2,1-5H3/t11-,15+,16+/m0/s1. The number of benzene rings is 1. The van der Waals surface area contributed by atoms with Crippen molar-refractivity contribution in [2.24, 2.45) is 11.3 Å². The minimum absolute atomic E-state index is 0.115. The Balaban J connectivity index is 1.99. The lowest BCUT2D eigenvalue weighted by atomic mass is 9.58. The molecule has 1 fully saturated rings. The van der Waals surface area contributed by atoms with E-state index in [2.05, 4.69) is 26.1 Å². The first-order chi connectivity index (χ1) is 9.91. The van der Waals surface area contributed by atoms with Crippen LogP contribution < -0.4 is 5.32 Å². The third-order valence-corrected chi connectivity index (χ3v) is 4.73. The summed E-state index contributed by atoms with van der Waals surface area (Å²) in [4.78, 5) is 0. The molecule has 118 valence electrons. The van der Waals surface area contributed by atoms with Gasteiger partial charge in [0.25, 0.3) is 0 Å². The summed E-state index contributed by atoms with van der Waals surface area (Å²) in [5.41, 5.74) is 1.80. The van der Waals surface area contributed by atoms with Gasteiger partial charge in [0, 0.05) is 37.8 Å². The van der Waals surface area contributed by atoms with Crippen LogP contribution in [0.2, 0.25) is 0 Å².